The van der Waals surface area contributed by atoms with Crippen LogP contribution in [0.2, 0.25) is 0 Å². The first kappa shape index (κ1) is 16.0. The molecule has 4 heteroatoms. The topological polar surface area (TPSA) is 68.0 Å². The molecule has 4 nitrogen and oxygen atoms in total. The molecule has 0 saturated heterocycles. The first-order valence-corrected chi connectivity index (χ1v) is 8.13. The Morgan fingerprint density at radius 2 is 2.05 bits per heavy atom. The lowest BCUT2D eigenvalue weighted by Crippen LogP contribution is -2.45. The number of hydrogen-bond acceptors (Lipinski definition) is 3. The zero-order valence-electron chi connectivity index (χ0n) is 13.0. The van der Waals surface area contributed by atoms with Gasteiger partial charge in [-0.2, -0.15) is 0 Å². The van der Waals surface area contributed by atoms with E-state index in [4.69, 9.17) is 5.73 Å². The summed E-state index contributed by atoms with van der Waals surface area (Å²) in [5.41, 5.74) is 7.76. The molecule has 1 aromatic heterocycles. The van der Waals surface area contributed by atoms with Crippen molar-refractivity contribution in [1.29, 1.82) is 0 Å². The Hall–Kier alpha value is -1.42. The molecule has 0 radical (unpaired) electrons. The summed E-state index contributed by atoms with van der Waals surface area (Å²) in [6.07, 6.45) is 9.19. The summed E-state index contributed by atoms with van der Waals surface area (Å²) in [6, 6.07) is 4.01. The number of pyridine rings is 1. The second kappa shape index (κ2) is 7.55. The maximum absolute atomic E-state index is 12.7. The van der Waals surface area contributed by atoms with Crippen molar-refractivity contribution in [3.63, 3.8) is 0 Å². The van der Waals surface area contributed by atoms with E-state index in [0.717, 1.165) is 37.8 Å². The van der Waals surface area contributed by atoms with Gasteiger partial charge in [0, 0.05) is 12.7 Å². The van der Waals surface area contributed by atoms with E-state index in [1.54, 1.807) is 6.20 Å². The third kappa shape index (κ3) is 3.82. The number of rotatable bonds is 5. The molecule has 21 heavy (non-hydrogen) atoms. The number of aromatic nitrogens is 1. The van der Waals surface area contributed by atoms with Gasteiger partial charge < -0.3 is 11.1 Å². The van der Waals surface area contributed by atoms with Crippen molar-refractivity contribution in [2.24, 2.45) is 11.1 Å². The van der Waals surface area contributed by atoms with Gasteiger partial charge in [0.2, 0.25) is 5.91 Å². The molecular formula is C17H27N3O. The van der Waals surface area contributed by atoms with E-state index in [1.165, 1.54) is 18.4 Å². The highest BCUT2D eigenvalue weighted by molar-refractivity contribution is 5.82. The van der Waals surface area contributed by atoms with E-state index in [1.807, 2.05) is 6.07 Å². The molecule has 1 aromatic rings. The molecule has 1 amide bonds. The largest absolute Gasteiger partial charge is 0.350 e. The van der Waals surface area contributed by atoms with Crippen LogP contribution in [0.5, 0.6) is 0 Å². The summed E-state index contributed by atoms with van der Waals surface area (Å²) in [5, 5.41) is 3.08. The third-order valence-electron chi connectivity index (χ3n) is 4.71. The summed E-state index contributed by atoms with van der Waals surface area (Å²) in [5.74, 6) is 0.111. The van der Waals surface area contributed by atoms with Crippen LogP contribution >= 0.6 is 0 Å². The predicted octanol–water partition coefficient (Wildman–Crippen LogP) is 2.56. The van der Waals surface area contributed by atoms with E-state index >= 15 is 0 Å². The van der Waals surface area contributed by atoms with Crippen molar-refractivity contribution in [3.8, 4) is 0 Å². The van der Waals surface area contributed by atoms with Crippen molar-refractivity contribution in [2.45, 2.75) is 58.4 Å². The van der Waals surface area contributed by atoms with Gasteiger partial charge in [0.05, 0.1) is 17.7 Å². The number of carbonyl (C=O) groups excluding carboxylic acids is 1. The zero-order chi connectivity index (χ0) is 15.1. The van der Waals surface area contributed by atoms with Crippen LogP contribution in [0.4, 0.5) is 0 Å². The smallest absolute Gasteiger partial charge is 0.227 e. The fourth-order valence-electron chi connectivity index (χ4n) is 3.23. The van der Waals surface area contributed by atoms with Gasteiger partial charge in [0.15, 0.2) is 0 Å². The normalized spacial score (nSPS) is 18.0. The second-order valence-electron chi connectivity index (χ2n) is 6.04. The Bertz CT molecular complexity index is 465. The highest BCUT2D eigenvalue weighted by Gasteiger charge is 2.36. The molecule has 1 heterocycles. The van der Waals surface area contributed by atoms with E-state index in [9.17, 15) is 4.79 Å². The van der Waals surface area contributed by atoms with Crippen molar-refractivity contribution < 1.29 is 4.79 Å². The minimum absolute atomic E-state index is 0.111. The molecule has 2 rings (SSSR count). The van der Waals surface area contributed by atoms with Gasteiger partial charge in [0.1, 0.15) is 0 Å². The highest BCUT2D eigenvalue weighted by Crippen LogP contribution is 2.34. The molecule has 0 spiro atoms. The monoisotopic (exact) mass is 289 g/mol. The number of nitrogens with one attached hydrogen (secondary N) is 1. The van der Waals surface area contributed by atoms with Gasteiger partial charge in [-0.3, -0.25) is 9.78 Å². The number of nitrogens with zero attached hydrogens (tertiary/aromatic N) is 1. The van der Waals surface area contributed by atoms with Crippen LogP contribution in [0.3, 0.4) is 0 Å². The Balaban J connectivity index is 2.02. The van der Waals surface area contributed by atoms with Crippen molar-refractivity contribution >= 4 is 5.91 Å². The molecule has 1 aliphatic carbocycles. The van der Waals surface area contributed by atoms with Gasteiger partial charge >= 0.3 is 0 Å². The first-order chi connectivity index (χ1) is 10.2. The molecule has 116 valence electrons. The van der Waals surface area contributed by atoms with Crippen LogP contribution in [0.1, 0.15) is 56.7 Å². The van der Waals surface area contributed by atoms with Crippen LogP contribution in [0.15, 0.2) is 18.3 Å². The van der Waals surface area contributed by atoms with Crippen LogP contribution in [-0.2, 0) is 17.8 Å². The number of carbonyl (C=O) groups is 1. The standard InChI is InChI=1S/C17H27N3O/c1-2-14-8-7-11-19-15(14)12-20-16(21)17(13-18)9-5-3-4-6-10-17/h7-8,11H,2-6,9-10,12-13,18H2,1H3,(H,20,21). The lowest BCUT2D eigenvalue weighted by molar-refractivity contribution is -0.131. The van der Waals surface area contributed by atoms with Crippen LogP contribution < -0.4 is 11.1 Å². The number of nitrogens with two attached hydrogens (primary N) is 1. The molecule has 0 aromatic carbocycles. The second-order valence-corrected chi connectivity index (χ2v) is 6.04. The fraction of sp³-hybridized carbons (Fsp3) is 0.647. The van der Waals surface area contributed by atoms with E-state index in [2.05, 4.69) is 23.3 Å². The Labute approximate surface area is 127 Å². The Morgan fingerprint density at radius 3 is 2.67 bits per heavy atom. The van der Waals surface area contributed by atoms with Gasteiger partial charge in [-0.1, -0.05) is 38.7 Å². The van der Waals surface area contributed by atoms with Crippen molar-refractivity contribution in [2.75, 3.05) is 6.54 Å². The van der Waals surface area contributed by atoms with E-state index in [-0.39, 0.29) is 11.3 Å². The van der Waals surface area contributed by atoms with Gasteiger partial charge in [0.25, 0.3) is 0 Å². The molecular weight excluding hydrogens is 262 g/mol. The quantitative estimate of drug-likeness (QED) is 0.819. The van der Waals surface area contributed by atoms with E-state index < -0.39 is 0 Å². The maximum Gasteiger partial charge on any atom is 0.227 e. The highest BCUT2D eigenvalue weighted by atomic mass is 16.2. The molecule has 0 unspecified atom stereocenters. The average Bonchev–Trinajstić information content (AvgIpc) is 2.79. The maximum atomic E-state index is 12.7. The lowest BCUT2D eigenvalue weighted by atomic mass is 9.79. The van der Waals surface area contributed by atoms with Crippen molar-refractivity contribution in [1.82, 2.24) is 10.3 Å². The minimum atomic E-state index is -0.363. The Morgan fingerprint density at radius 1 is 1.33 bits per heavy atom. The third-order valence-corrected chi connectivity index (χ3v) is 4.71. The average molecular weight is 289 g/mol. The number of amides is 1. The molecule has 1 aliphatic rings. The van der Waals surface area contributed by atoms with Crippen LogP contribution in [0, 0.1) is 5.41 Å². The Kier molecular flexibility index (Phi) is 5.74. The number of aryl methyl sites for hydroxylation is 1. The first-order valence-electron chi connectivity index (χ1n) is 8.13. The summed E-state index contributed by atoms with van der Waals surface area (Å²) in [4.78, 5) is 17.0. The summed E-state index contributed by atoms with van der Waals surface area (Å²) in [6.45, 7) is 3.06. The molecule has 0 atom stereocenters. The summed E-state index contributed by atoms with van der Waals surface area (Å²) >= 11 is 0. The minimum Gasteiger partial charge on any atom is -0.350 e. The molecule has 0 aliphatic heterocycles. The van der Waals surface area contributed by atoms with Crippen molar-refractivity contribution in [3.05, 3.63) is 29.6 Å². The van der Waals surface area contributed by atoms with Gasteiger partial charge in [-0.05, 0) is 30.9 Å². The fourth-order valence-corrected chi connectivity index (χ4v) is 3.23. The molecule has 0 bridgehead atoms. The van der Waals surface area contributed by atoms with Gasteiger partial charge in [-0.25, -0.2) is 0 Å². The molecule has 3 N–H and O–H groups in total. The number of hydrogen-bond donors (Lipinski definition) is 2. The predicted molar refractivity (Wildman–Crippen MR) is 84.7 cm³/mol. The molecule has 1 fully saturated rings. The van der Waals surface area contributed by atoms with E-state index in [0.29, 0.717) is 13.1 Å². The SMILES string of the molecule is CCc1cccnc1CNC(=O)C1(CN)CCCCCC1. The van der Waals surface area contributed by atoms with Crippen LogP contribution in [0.25, 0.3) is 0 Å². The van der Waals surface area contributed by atoms with Gasteiger partial charge in [-0.15, -0.1) is 0 Å². The van der Waals surface area contributed by atoms with Crippen LogP contribution in [-0.4, -0.2) is 17.4 Å². The lowest BCUT2D eigenvalue weighted by Gasteiger charge is -2.29. The zero-order valence-corrected chi connectivity index (χ0v) is 13.0. The summed E-state index contributed by atoms with van der Waals surface area (Å²) in [7, 11) is 0. The summed E-state index contributed by atoms with van der Waals surface area (Å²) < 4.78 is 0. The molecule has 1 saturated carbocycles.